The van der Waals surface area contributed by atoms with Crippen molar-refractivity contribution in [3.8, 4) is 0 Å². The van der Waals surface area contributed by atoms with E-state index in [0.717, 1.165) is 11.1 Å². The predicted molar refractivity (Wildman–Crippen MR) is 97.3 cm³/mol. The van der Waals surface area contributed by atoms with E-state index < -0.39 is 29.9 Å². The molecule has 0 bridgehead atoms. The van der Waals surface area contributed by atoms with E-state index in [9.17, 15) is 14.7 Å². The topological polar surface area (TPSA) is 72.8 Å². The van der Waals surface area contributed by atoms with Gasteiger partial charge in [0.05, 0.1) is 32.2 Å². The Hall–Kier alpha value is -2.66. The van der Waals surface area contributed by atoms with Gasteiger partial charge in [-0.05, 0) is 24.0 Å². The van der Waals surface area contributed by atoms with E-state index >= 15 is 0 Å². The van der Waals surface area contributed by atoms with Gasteiger partial charge >= 0.3 is 11.9 Å². The molecular formula is C21H24O5. The summed E-state index contributed by atoms with van der Waals surface area (Å²) in [4.78, 5) is 24.6. The van der Waals surface area contributed by atoms with Crippen LogP contribution in [0.4, 0.5) is 0 Å². The summed E-state index contributed by atoms with van der Waals surface area (Å²) < 4.78 is 9.74. The quantitative estimate of drug-likeness (QED) is 0.736. The van der Waals surface area contributed by atoms with E-state index in [0.29, 0.717) is 0 Å². The number of aliphatic hydroxyl groups excluding tert-OH is 1. The zero-order chi connectivity index (χ0) is 18.9. The number of carbonyl (C=O) groups is 2. The van der Waals surface area contributed by atoms with Crippen LogP contribution < -0.4 is 0 Å². The second kappa shape index (κ2) is 9.73. The fourth-order valence-corrected chi connectivity index (χ4v) is 3.01. The maximum absolute atomic E-state index is 12.3. The third-order valence-corrected chi connectivity index (χ3v) is 4.43. The lowest BCUT2D eigenvalue weighted by Gasteiger charge is -2.27. The molecule has 2 rings (SSSR count). The first-order valence-corrected chi connectivity index (χ1v) is 8.48. The molecule has 0 aromatic heterocycles. The monoisotopic (exact) mass is 356 g/mol. The van der Waals surface area contributed by atoms with Crippen LogP contribution in [0, 0.1) is 11.8 Å². The molecule has 0 aliphatic heterocycles. The maximum atomic E-state index is 12.3. The molecule has 5 nitrogen and oxygen atoms in total. The molecular weight excluding hydrogens is 332 g/mol. The minimum atomic E-state index is -1.23. The van der Waals surface area contributed by atoms with Crippen molar-refractivity contribution in [3.05, 3.63) is 71.8 Å². The fourth-order valence-electron chi connectivity index (χ4n) is 3.01. The Balaban J connectivity index is 2.27. The van der Waals surface area contributed by atoms with Gasteiger partial charge in [0.2, 0.25) is 0 Å². The number of hydrogen-bond acceptors (Lipinski definition) is 5. The maximum Gasteiger partial charge on any atom is 0.311 e. The van der Waals surface area contributed by atoms with Crippen molar-refractivity contribution in [2.24, 2.45) is 11.8 Å². The van der Waals surface area contributed by atoms with Crippen LogP contribution >= 0.6 is 0 Å². The van der Waals surface area contributed by atoms with E-state index in [1.807, 2.05) is 60.7 Å². The van der Waals surface area contributed by atoms with Crippen molar-refractivity contribution < 1.29 is 24.2 Å². The van der Waals surface area contributed by atoms with Crippen LogP contribution in [-0.4, -0.2) is 37.4 Å². The summed E-state index contributed by atoms with van der Waals surface area (Å²) in [7, 11) is 2.55. The van der Waals surface area contributed by atoms with E-state index in [-0.39, 0.29) is 12.8 Å². The molecule has 0 unspecified atom stereocenters. The van der Waals surface area contributed by atoms with Gasteiger partial charge in [-0.25, -0.2) is 0 Å². The van der Waals surface area contributed by atoms with Crippen LogP contribution in [0.5, 0.6) is 0 Å². The Morgan fingerprint density at radius 2 is 1.12 bits per heavy atom. The predicted octanol–water partition coefficient (Wildman–Crippen LogP) is 2.41. The molecule has 2 atom stereocenters. The first-order chi connectivity index (χ1) is 12.6. The third kappa shape index (κ3) is 5.17. The van der Waals surface area contributed by atoms with Crippen LogP contribution in [0.2, 0.25) is 0 Å². The lowest BCUT2D eigenvalue weighted by atomic mass is 9.83. The molecule has 0 heterocycles. The van der Waals surface area contributed by atoms with Crippen molar-refractivity contribution >= 4 is 11.9 Å². The summed E-state index contributed by atoms with van der Waals surface area (Å²) in [6.45, 7) is 0. The lowest BCUT2D eigenvalue weighted by Crippen LogP contribution is -2.41. The van der Waals surface area contributed by atoms with Crippen LogP contribution in [0.1, 0.15) is 11.1 Å². The number of hydrogen-bond donors (Lipinski definition) is 1. The number of aliphatic hydroxyl groups is 1. The van der Waals surface area contributed by atoms with Crippen molar-refractivity contribution in [2.75, 3.05) is 14.2 Å². The lowest BCUT2D eigenvalue weighted by molar-refractivity contribution is -0.157. The summed E-state index contributed by atoms with van der Waals surface area (Å²) in [6.07, 6.45) is -0.677. The molecule has 0 aliphatic rings. The molecule has 2 aromatic carbocycles. The van der Waals surface area contributed by atoms with Gasteiger partial charge in [-0.3, -0.25) is 9.59 Å². The average Bonchev–Trinajstić information content (AvgIpc) is 2.70. The van der Waals surface area contributed by atoms with Gasteiger partial charge in [0.25, 0.3) is 0 Å². The van der Waals surface area contributed by atoms with Crippen LogP contribution in [0.15, 0.2) is 60.7 Å². The second-order valence-corrected chi connectivity index (χ2v) is 6.13. The summed E-state index contributed by atoms with van der Waals surface area (Å²) in [5, 5.41) is 10.9. The number of carbonyl (C=O) groups excluding carboxylic acids is 2. The minimum absolute atomic E-state index is 0.275. The van der Waals surface area contributed by atoms with E-state index in [2.05, 4.69) is 0 Å². The van der Waals surface area contributed by atoms with Crippen molar-refractivity contribution in [2.45, 2.75) is 18.9 Å². The third-order valence-electron chi connectivity index (χ3n) is 4.43. The fraction of sp³-hybridized carbons (Fsp3) is 0.333. The zero-order valence-corrected chi connectivity index (χ0v) is 15.0. The van der Waals surface area contributed by atoms with Gasteiger partial charge in [0, 0.05) is 0 Å². The number of rotatable bonds is 8. The van der Waals surface area contributed by atoms with E-state index in [4.69, 9.17) is 9.47 Å². The highest BCUT2D eigenvalue weighted by atomic mass is 16.5. The highest BCUT2D eigenvalue weighted by molar-refractivity contribution is 5.77. The van der Waals surface area contributed by atoms with Gasteiger partial charge in [0.15, 0.2) is 0 Å². The second-order valence-electron chi connectivity index (χ2n) is 6.13. The highest BCUT2D eigenvalue weighted by Crippen LogP contribution is 2.24. The summed E-state index contributed by atoms with van der Waals surface area (Å²) in [6, 6.07) is 18.7. The Morgan fingerprint density at radius 3 is 1.42 bits per heavy atom. The first-order valence-electron chi connectivity index (χ1n) is 8.48. The molecule has 0 saturated heterocycles. The Labute approximate surface area is 153 Å². The minimum Gasteiger partial charge on any atom is -0.469 e. The van der Waals surface area contributed by atoms with Crippen LogP contribution in [0.3, 0.4) is 0 Å². The molecule has 0 saturated carbocycles. The Bertz CT molecular complexity index is 637. The molecule has 2 aromatic rings. The molecule has 0 aliphatic carbocycles. The summed E-state index contributed by atoms with van der Waals surface area (Å²) in [5.41, 5.74) is 1.76. The smallest absolute Gasteiger partial charge is 0.311 e. The number of esters is 2. The number of methoxy groups -OCH3 is 2. The number of benzene rings is 2. The standard InChI is InChI=1S/C21H24O5/c1-25-20(23)17(13-15-9-5-3-6-10-15)19(22)18(21(24)26-2)14-16-11-7-4-8-12-16/h3-12,17-19,22H,13-14H2,1-2H3/t17-,18-/m1/s1. The van der Waals surface area contributed by atoms with Gasteiger partial charge in [-0.15, -0.1) is 0 Å². The molecule has 1 N–H and O–H groups in total. The zero-order valence-electron chi connectivity index (χ0n) is 15.0. The molecule has 5 heteroatoms. The molecule has 0 amide bonds. The summed E-state index contributed by atoms with van der Waals surface area (Å²) in [5.74, 6) is -2.84. The van der Waals surface area contributed by atoms with Gasteiger partial charge in [-0.1, -0.05) is 60.7 Å². The molecule has 138 valence electrons. The van der Waals surface area contributed by atoms with Gasteiger partial charge < -0.3 is 14.6 Å². The van der Waals surface area contributed by atoms with Gasteiger partial charge in [-0.2, -0.15) is 0 Å². The molecule has 0 spiro atoms. The first kappa shape index (κ1) is 19.7. The molecule has 0 radical (unpaired) electrons. The van der Waals surface area contributed by atoms with Crippen LogP contribution in [-0.2, 0) is 31.9 Å². The molecule has 0 fully saturated rings. The Morgan fingerprint density at radius 1 is 0.769 bits per heavy atom. The average molecular weight is 356 g/mol. The Kier molecular flexibility index (Phi) is 7.36. The van der Waals surface area contributed by atoms with E-state index in [1.54, 1.807) is 0 Å². The van der Waals surface area contributed by atoms with Crippen LogP contribution in [0.25, 0.3) is 0 Å². The largest absolute Gasteiger partial charge is 0.469 e. The van der Waals surface area contributed by atoms with Crippen molar-refractivity contribution in [3.63, 3.8) is 0 Å². The normalized spacial score (nSPS) is 13.1. The summed E-state index contributed by atoms with van der Waals surface area (Å²) >= 11 is 0. The SMILES string of the molecule is COC(=O)[C@H](Cc1ccccc1)C(O)[C@@H](Cc1ccccc1)C(=O)OC. The van der Waals surface area contributed by atoms with E-state index in [1.165, 1.54) is 14.2 Å². The highest BCUT2D eigenvalue weighted by Gasteiger charge is 2.38. The number of ether oxygens (including phenoxy) is 2. The van der Waals surface area contributed by atoms with Crippen molar-refractivity contribution in [1.29, 1.82) is 0 Å². The van der Waals surface area contributed by atoms with Gasteiger partial charge in [0.1, 0.15) is 0 Å². The molecule has 26 heavy (non-hydrogen) atoms. The van der Waals surface area contributed by atoms with Crippen molar-refractivity contribution in [1.82, 2.24) is 0 Å².